The second-order valence-electron chi connectivity index (χ2n) is 4.56. The van der Waals surface area contributed by atoms with Gasteiger partial charge >= 0.3 is 0 Å². The van der Waals surface area contributed by atoms with Gasteiger partial charge in [-0.2, -0.15) is 0 Å². The minimum atomic E-state index is 0.252. The summed E-state index contributed by atoms with van der Waals surface area (Å²) >= 11 is 0. The first-order chi connectivity index (χ1) is 11.2. The number of guanidine groups is 1. The van der Waals surface area contributed by atoms with Gasteiger partial charge in [0.05, 0.1) is 33.6 Å². The quantitative estimate of drug-likeness (QED) is 0.626. The summed E-state index contributed by atoms with van der Waals surface area (Å²) in [4.78, 5) is 8.42. The van der Waals surface area contributed by atoms with Crippen molar-refractivity contribution in [3.63, 3.8) is 0 Å². The zero-order valence-electron chi connectivity index (χ0n) is 13.4. The van der Waals surface area contributed by atoms with Crippen molar-refractivity contribution >= 4 is 11.6 Å². The van der Waals surface area contributed by atoms with Crippen molar-refractivity contribution in [2.24, 2.45) is 10.7 Å². The highest BCUT2D eigenvalue weighted by molar-refractivity contribution is 5.94. The fourth-order valence-electron chi connectivity index (χ4n) is 1.99. The lowest BCUT2D eigenvalue weighted by Crippen LogP contribution is -2.23. The number of methoxy groups -OCH3 is 3. The number of hydrogen-bond acceptors (Lipinski definition) is 5. The molecule has 0 bridgehead atoms. The van der Waals surface area contributed by atoms with E-state index < -0.39 is 0 Å². The Morgan fingerprint density at radius 2 is 2.00 bits per heavy atom. The molecule has 0 aliphatic carbocycles. The molecule has 1 heterocycles. The average Bonchev–Trinajstić information content (AvgIpc) is 2.60. The van der Waals surface area contributed by atoms with Crippen LogP contribution < -0.4 is 25.3 Å². The van der Waals surface area contributed by atoms with Gasteiger partial charge in [0.15, 0.2) is 5.96 Å². The number of nitrogens with zero attached hydrogens (tertiary/aromatic N) is 2. The number of rotatable bonds is 6. The molecule has 0 amide bonds. The first-order valence-electron chi connectivity index (χ1n) is 6.94. The summed E-state index contributed by atoms with van der Waals surface area (Å²) < 4.78 is 15.7. The summed E-state index contributed by atoms with van der Waals surface area (Å²) in [5, 5.41) is 3.01. The summed E-state index contributed by atoms with van der Waals surface area (Å²) in [6.07, 6.45) is 1.66. The van der Waals surface area contributed by atoms with Crippen LogP contribution in [0, 0.1) is 0 Å². The molecule has 7 heteroatoms. The molecule has 1 aromatic heterocycles. The monoisotopic (exact) mass is 316 g/mol. The highest BCUT2D eigenvalue weighted by Gasteiger charge is 2.07. The van der Waals surface area contributed by atoms with E-state index in [9.17, 15) is 0 Å². The Morgan fingerprint density at radius 3 is 2.70 bits per heavy atom. The van der Waals surface area contributed by atoms with Crippen molar-refractivity contribution in [1.82, 2.24) is 4.98 Å². The van der Waals surface area contributed by atoms with E-state index in [0.29, 0.717) is 29.6 Å². The summed E-state index contributed by atoms with van der Waals surface area (Å²) in [5.41, 5.74) is 7.46. The number of pyridine rings is 1. The highest BCUT2D eigenvalue weighted by atomic mass is 16.5. The Kier molecular flexibility index (Phi) is 5.62. The second-order valence-corrected chi connectivity index (χ2v) is 4.56. The minimum absolute atomic E-state index is 0.252. The van der Waals surface area contributed by atoms with E-state index in [1.165, 1.54) is 0 Å². The molecular weight excluding hydrogens is 296 g/mol. The maximum Gasteiger partial charge on any atom is 0.218 e. The van der Waals surface area contributed by atoms with Gasteiger partial charge in [-0.3, -0.25) is 0 Å². The largest absolute Gasteiger partial charge is 0.497 e. The average molecular weight is 316 g/mol. The number of nitrogens with one attached hydrogen (secondary N) is 1. The van der Waals surface area contributed by atoms with Gasteiger partial charge in [0, 0.05) is 17.8 Å². The Hall–Kier alpha value is -2.96. The minimum Gasteiger partial charge on any atom is -0.497 e. The smallest absolute Gasteiger partial charge is 0.218 e. The molecule has 0 aliphatic heterocycles. The number of hydrogen-bond donors (Lipinski definition) is 2. The van der Waals surface area contributed by atoms with Gasteiger partial charge in [-0.1, -0.05) is 6.07 Å². The predicted octanol–water partition coefficient (Wildman–Crippen LogP) is 2.03. The molecule has 0 spiro atoms. The summed E-state index contributed by atoms with van der Waals surface area (Å²) in [6.45, 7) is 0.349. The van der Waals surface area contributed by atoms with Gasteiger partial charge in [0.1, 0.15) is 11.5 Å². The molecule has 0 unspecified atom stereocenters. The molecule has 3 N–H and O–H groups in total. The molecular formula is C16H20N4O3. The lowest BCUT2D eigenvalue weighted by molar-refractivity contribution is 0.392. The molecule has 0 saturated carbocycles. The third-order valence-corrected chi connectivity index (χ3v) is 3.13. The van der Waals surface area contributed by atoms with Crippen molar-refractivity contribution in [2.45, 2.75) is 6.54 Å². The molecule has 0 radical (unpaired) electrons. The number of ether oxygens (including phenoxy) is 3. The Balaban J connectivity index is 2.13. The molecule has 0 saturated heterocycles. The Labute approximate surface area is 135 Å². The van der Waals surface area contributed by atoms with E-state index in [-0.39, 0.29) is 5.96 Å². The van der Waals surface area contributed by atoms with Gasteiger partial charge in [0.2, 0.25) is 5.88 Å². The van der Waals surface area contributed by atoms with Crippen molar-refractivity contribution in [3.05, 3.63) is 42.1 Å². The van der Waals surface area contributed by atoms with Crippen LogP contribution in [-0.4, -0.2) is 32.3 Å². The first-order valence-corrected chi connectivity index (χ1v) is 6.94. The number of aromatic nitrogens is 1. The maximum atomic E-state index is 5.94. The molecule has 2 rings (SSSR count). The fourth-order valence-corrected chi connectivity index (χ4v) is 1.99. The molecule has 0 fully saturated rings. The zero-order valence-corrected chi connectivity index (χ0v) is 13.4. The van der Waals surface area contributed by atoms with Crippen LogP contribution in [0.25, 0.3) is 0 Å². The van der Waals surface area contributed by atoms with E-state index >= 15 is 0 Å². The predicted molar refractivity (Wildman–Crippen MR) is 89.3 cm³/mol. The first kappa shape index (κ1) is 16.4. The number of nitrogens with two attached hydrogens (primary N) is 1. The van der Waals surface area contributed by atoms with Crippen LogP contribution in [0.1, 0.15) is 5.56 Å². The fraction of sp³-hybridized carbons (Fsp3) is 0.250. The van der Waals surface area contributed by atoms with Crippen LogP contribution in [0.5, 0.6) is 17.4 Å². The van der Waals surface area contributed by atoms with Gasteiger partial charge < -0.3 is 25.3 Å². The van der Waals surface area contributed by atoms with Crippen molar-refractivity contribution < 1.29 is 14.2 Å². The lowest BCUT2D eigenvalue weighted by atomic mass is 10.2. The number of anilines is 1. The molecule has 0 aliphatic rings. The molecule has 23 heavy (non-hydrogen) atoms. The molecule has 122 valence electrons. The molecule has 2 aromatic rings. The topological polar surface area (TPSA) is 91.0 Å². The number of aliphatic imine (C=N–C) groups is 1. The van der Waals surface area contributed by atoms with Gasteiger partial charge in [-0.15, -0.1) is 0 Å². The SMILES string of the molecule is COc1ccc(OC)c(NC(N)=NCc2cccnc2OC)c1. The van der Waals surface area contributed by atoms with E-state index in [0.717, 1.165) is 5.56 Å². The zero-order chi connectivity index (χ0) is 16.7. The highest BCUT2D eigenvalue weighted by Crippen LogP contribution is 2.28. The van der Waals surface area contributed by atoms with Crippen molar-refractivity contribution in [1.29, 1.82) is 0 Å². The van der Waals surface area contributed by atoms with E-state index in [4.69, 9.17) is 19.9 Å². The van der Waals surface area contributed by atoms with Gasteiger partial charge in [0.25, 0.3) is 0 Å². The van der Waals surface area contributed by atoms with Gasteiger partial charge in [-0.25, -0.2) is 9.98 Å². The Morgan fingerprint density at radius 1 is 1.17 bits per heavy atom. The van der Waals surface area contributed by atoms with Crippen LogP contribution in [0.2, 0.25) is 0 Å². The maximum absolute atomic E-state index is 5.94. The van der Waals surface area contributed by atoms with Crippen LogP contribution in [0.4, 0.5) is 5.69 Å². The van der Waals surface area contributed by atoms with E-state index in [1.54, 1.807) is 45.7 Å². The van der Waals surface area contributed by atoms with Crippen LogP contribution in [0.3, 0.4) is 0 Å². The standard InChI is InChI=1S/C16H20N4O3/c1-21-12-6-7-14(22-2)13(9-12)20-16(17)19-10-11-5-4-8-18-15(11)23-3/h4-9H,10H2,1-3H3,(H3,17,19,20). The lowest BCUT2D eigenvalue weighted by Gasteiger charge is -2.12. The third-order valence-electron chi connectivity index (χ3n) is 3.13. The van der Waals surface area contributed by atoms with Crippen LogP contribution in [-0.2, 0) is 6.54 Å². The third kappa shape index (κ3) is 4.26. The molecule has 0 atom stereocenters. The normalized spacial score (nSPS) is 11.0. The molecule has 1 aromatic carbocycles. The van der Waals surface area contributed by atoms with E-state index in [1.807, 2.05) is 12.1 Å². The Bertz CT molecular complexity index is 689. The summed E-state index contributed by atoms with van der Waals surface area (Å²) in [7, 11) is 4.75. The second kappa shape index (κ2) is 7.88. The van der Waals surface area contributed by atoms with Gasteiger partial charge in [-0.05, 0) is 18.2 Å². The van der Waals surface area contributed by atoms with Crippen molar-refractivity contribution in [3.8, 4) is 17.4 Å². The van der Waals surface area contributed by atoms with E-state index in [2.05, 4.69) is 15.3 Å². The summed E-state index contributed by atoms with van der Waals surface area (Å²) in [6, 6.07) is 9.08. The van der Waals surface area contributed by atoms with Crippen LogP contribution in [0.15, 0.2) is 41.5 Å². The van der Waals surface area contributed by atoms with Crippen LogP contribution >= 0.6 is 0 Å². The molecule has 7 nitrogen and oxygen atoms in total. The summed E-state index contributed by atoms with van der Waals surface area (Å²) in [5.74, 6) is 2.11. The van der Waals surface area contributed by atoms with Crippen molar-refractivity contribution in [2.75, 3.05) is 26.6 Å². The number of benzene rings is 1.